The minimum atomic E-state index is -5.08. The van der Waals surface area contributed by atoms with E-state index in [2.05, 4.69) is 6.07 Å². The summed E-state index contributed by atoms with van der Waals surface area (Å²) in [5.41, 5.74) is 11.2. The van der Waals surface area contributed by atoms with E-state index in [1.54, 1.807) is 6.08 Å². The molecule has 5 N–H and O–H groups in total. The largest absolute Gasteiger partial charge is 0.508 e. The molecule has 4 aliphatic rings. The van der Waals surface area contributed by atoms with Gasteiger partial charge in [0.2, 0.25) is 0 Å². The Morgan fingerprint density at radius 3 is 2.03 bits per heavy atom. The second-order valence-corrected chi connectivity index (χ2v) is 10.5. The van der Waals surface area contributed by atoms with Crippen LogP contribution in [0.4, 0.5) is 13.2 Å². The third-order valence-electron chi connectivity index (χ3n) is 7.93. The highest BCUT2D eigenvalue weighted by atomic mass is 19.4. The van der Waals surface area contributed by atoms with Crippen molar-refractivity contribution in [3.8, 4) is 16.9 Å². The summed E-state index contributed by atoms with van der Waals surface area (Å²) in [4.78, 5) is 19.7. The number of rotatable bonds is 5. The summed E-state index contributed by atoms with van der Waals surface area (Å²) >= 11 is 0. The monoisotopic (exact) mass is 517 g/mol. The first kappa shape index (κ1) is 26.7. The fourth-order valence-corrected chi connectivity index (χ4v) is 6.90. The maximum absolute atomic E-state index is 10.8. The molecule has 0 aliphatic heterocycles. The number of aromatic hydroxyl groups is 1. The van der Waals surface area contributed by atoms with Gasteiger partial charge in [0.25, 0.3) is 0 Å². The van der Waals surface area contributed by atoms with Crippen molar-refractivity contribution in [2.75, 3.05) is 0 Å². The van der Waals surface area contributed by atoms with Crippen LogP contribution in [0.1, 0.15) is 55.2 Å². The Kier molecular flexibility index (Phi) is 7.37. The highest BCUT2D eigenvalue weighted by Crippen LogP contribution is 2.62. The second-order valence-electron chi connectivity index (χ2n) is 10.5. The lowest BCUT2D eigenvalue weighted by atomic mass is 9.48. The average Bonchev–Trinajstić information content (AvgIpc) is 2.82. The van der Waals surface area contributed by atoms with E-state index in [0.29, 0.717) is 12.3 Å². The highest BCUT2D eigenvalue weighted by Gasteiger charge is 2.52. The van der Waals surface area contributed by atoms with Gasteiger partial charge in [0.05, 0.1) is 0 Å². The molecule has 198 valence electrons. The molecule has 4 bridgehead atoms. The van der Waals surface area contributed by atoms with E-state index in [4.69, 9.17) is 20.7 Å². The average molecular weight is 518 g/mol. The number of phenolic OH excluding ortho intramolecular Hbond substituents is 1. The molecule has 9 heteroatoms. The van der Waals surface area contributed by atoms with Crippen molar-refractivity contribution in [1.82, 2.24) is 0 Å². The fourth-order valence-electron chi connectivity index (χ4n) is 6.90. The molecule has 37 heavy (non-hydrogen) atoms. The Hall–Kier alpha value is -3.33. The number of alkyl halides is 3. The number of carboxylic acid groups (broad SMARTS) is 2. The zero-order valence-electron chi connectivity index (χ0n) is 20.2. The van der Waals surface area contributed by atoms with Crippen LogP contribution in [0, 0.1) is 17.8 Å². The molecular formula is C28H30F3NO5. The zero-order valence-corrected chi connectivity index (χ0v) is 20.2. The molecular weight excluding hydrogens is 487 g/mol. The van der Waals surface area contributed by atoms with Gasteiger partial charge in [0, 0.05) is 18.2 Å². The molecule has 0 atom stereocenters. The Labute approximate surface area is 212 Å². The van der Waals surface area contributed by atoms with E-state index in [1.807, 2.05) is 30.3 Å². The minimum absolute atomic E-state index is 0.127. The third-order valence-corrected chi connectivity index (χ3v) is 7.93. The van der Waals surface area contributed by atoms with Crippen molar-refractivity contribution < 1.29 is 38.1 Å². The third kappa shape index (κ3) is 5.82. The quantitative estimate of drug-likeness (QED) is 0.377. The predicted octanol–water partition coefficient (Wildman–Crippen LogP) is 5.72. The maximum Gasteiger partial charge on any atom is 0.490 e. The van der Waals surface area contributed by atoms with E-state index in [1.165, 1.54) is 38.5 Å². The summed E-state index contributed by atoms with van der Waals surface area (Å²) in [6.45, 7) is 0.373. The first-order chi connectivity index (χ1) is 17.4. The van der Waals surface area contributed by atoms with E-state index in [-0.39, 0.29) is 5.41 Å². The predicted molar refractivity (Wildman–Crippen MR) is 132 cm³/mol. The molecule has 0 spiro atoms. The van der Waals surface area contributed by atoms with Crippen molar-refractivity contribution in [2.45, 2.75) is 56.7 Å². The lowest BCUT2D eigenvalue weighted by molar-refractivity contribution is -0.192. The molecule has 0 aromatic heterocycles. The van der Waals surface area contributed by atoms with Crippen molar-refractivity contribution in [2.24, 2.45) is 23.5 Å². The molecule has 0 radical (unpaired) electrons. The van der Waals surface area contributed by atoms with E-state index in [9.17, 15) is 23.1 Å². The lowest BCUT2D eigenvalue weighted by Crippen LogP contribution is -2.48. The molecule has 0 heterocycles. The van der Waals surface area contributed by atoms with Gasteiger partial charge in [-0.2, -0.15) is 13.2 Å². The Bertz CT molecular complexity index is 1190. The molecule has 2 aromatic carbocycles. The number of aliphatic carboxylic acids is 2. The second kappa shape index (κ2) is 10.2. The molecule has 0 saturated heterocycles. The highest BCUT2D eigenvalue weighted by molar-refractivity contribution is 5.85. The smallest absolute Gasteiger partial charge is 0.490 e. The standard InChI is InChI=1S/C26H29NO3.C2HF3O2/c27-15-21-10-16(2-6-25(29)30)1-4-22(21)20-3-5-24(28)23(11-20)26-12-17-7-18(13-26)9-19(8-17)14-26;3-2(4,5)1(6)7/h1-6,10-11,17-19,28H,7-9,12-15,27H2,(H,29,30);(H,6,7). The maximum atomic E-state index is 10.8. The van der Waals surface area contributed by atoms with E-state index >= 15 is 0 Å². The van der Waals surface area contributed by atoms with Crippen LogP contribution >= 0.6 is 0 Å². The van der Waals surface area contributed by atoms with Crippen LogP contribution in [0.25, 0.3) is 17.2 Å². The molecule has 0 unspecified atom stereocenters. The summed E-state index contributed by atoms with van der Waals surface area (Å²) in [5.74, 6) is -0.840. The Morgan fingerprint density at radius 2 is 1.54 bits per heavy atom. The SMILES string of the molecule is NCc1cc(C=CC(=O)O)ccc1-c1ccc(O)c(C23CC4CC(CC(C4)C2)C3)c1.O=C(O)C(F)(F)F. The van der Waals surface area contributed by atoms with Gasteiger partial charge in [0.1, 0.15) is 5.75 Å². The van der Waals surface area contributed by atoms with Crippen LogP contribution in [-0.4, -0.2) is 33.4 Å². The number of halogens is 3. The summed E-state index contributed by atoms with van der Waals surface area (Å²) in [6.07, 6.45) is 5.40. The van der Waals surface area contributed by atoms with Crippen LogP contribution in [0.3, 0.4) is 0 Å². The number of hydrogen-bond acceptors (Lipinski definition) is 4. The van der Waals surface area contributed by atoms with Gasteiger partial charge in [-0.05, 0) is 108 Å². The van der Waals surface area contributed by atoms with E-state index in [0.717, 1.165) is 51.6 Å². The molecule has 4 fully saturated rings. The first-order valence-electron chi connectivity index (χ1n) is 12.3. The minimum Gasteiger partial charge on any atom is -0.508 e. The lowest BCUT2D eigenvalue weighted by Gasteiger charge is -2.57. The number of carbonyl (C=O) groups is 2. The van der Waals surface area contributed by atoms with Crippen molar-refractivity contribution in [1.29, 1.82) is 0 Å². The summed E-state index contributed by atoms with van der Waals surface area (Å²) in [5, 5.41) is 26.8. The summed E-state index contributed by atoms with van der Waals surface area (Å²) in [6, 6.07) is 11.9. The fraction of sp³-hybridized carbons (Fsp3) is 0.429. The van der Waals surface area contributed by atoms with Crippen LogP contribution in [-0.2, 0) is 21.5 Å². The van der Waals surface area contributed by atoms with E-state index < -0.39 is 18.1 Å². The van der Waals surface area contributed by atoms with Crippen molar-refractivity contribution in [3.63, 3.8) is 0 Å². The molecule has 0 amide bonds. The van der Waals surface area contributed by atoms with Gasteiger partial charge >= 0.3 is 18.1 Å². The summed E-state index contributed by atoms with van der Waals surface area (Å²) < 4.78 is 31.7. The molecule has 4 aliphatic carbocycles. The van der Waals surface area contributed by atoms with Crippen LogP contribution in [0.15, 0.2) is 42.5 Å². The normalized spacial score (nSPS) is 26.1. The molecule has 6 rings (SSSR count). The Balaban J connectivity index is 0.000000405. The van der Waals surface area contributed by atoms with Crippen LogP contribution in [0.2, 0.25) is 0 Å². The topological polar surface area (TPSA) is 121 Å². The van der Waals surface area contributed by atoms with Gasteiger partial charge in [-0.3, -0.25) is 0 Å². The molecule has 6 nitrogen and oxygen atoms in total. The van der Waals surface area contributed by atoms with Crippen molar-refractivity contribution >= 4 is 18.0 Å². The van der Waals surface area contributed by atoms with Gasteiger partial charge < -0.3 is 21.1 Å². The number of nitrogens with two attached hydrogens (primary N) is 1. The van der Waals surface area contributed by atoms with Crippen LogP contribution in [0.5, 0.6) is 5.75 Å². The van der Waals surface area contributed by atoms with Gasteiger partial charge in [-0.25, -0.2) is 9.59 Å². The van der Waals surface area contributed by atoms with Crippen molar-refractivity contribution in [3.05, 3.63) is 59.2 Å². The van der Waals surface area contributed by atoms with Crippen LogP contribution < -0.4 is 5.73 Å². The summed E-state index contributed by atoms with van der Waals surface area (Å²) in [7, 11) is 0. The number of benzene rings is 2. The van der Waals surface area contributed by atoms with Gasteiger partial charge in [-0.1, -0.05) is 18.2 Å². The number of carboxylic acids is 2. The zero-order chi connectivity index (χ0) is 27.0. The molecule has 4 saturated carbocycles. The first-order valence-corrected chi connectivity index (χ1v) is 12.3. The number of hydrogen-bond donors (Lipinski definition) is 4. The number of phenols is 1. The van der Waals surface area contributed by atoms with Gasteiger partial charge in [0.15, 0.2) is 0 Å². The molecule has 2 aromatic rings. The van der Waals surface area contributed by atoms with Gasteiger partial charge in [-0.15, -0.1) is 0 Å². The Morgan fingerprint density at radius 1 is 0.973 bits per heavy atom.